The Morgan fingerprint density at radius 1 is 0.571 bits per heavy atom. The summed E-state index contributed by atoms with van der Waals surface area (Å²) in [6.07, 6.45) is 10.6. The molecule has 0 amide bonds. The molecule has 3 aromatic rings. The van der Waals surface area contributed by atoms with Crippen LogP contribution in [0.15, 0.2) is 91.0 Å². The third-order valence-electron chi connectivity index (χ3n) is 19.8. The van der Waals surface area contributed by atoms with Gasteiger partial charge in [0.15, 0.2) is 6.29 Å². The molecule has 3 aromatic carbocycles. The monoisotopic (exact) mass is 861 g/mol. The minimum Gasteiger partial charge on any atom is -0.385 e. The average molecular weight is 861 g/mol. The fraction of sp³-hybridized carbons (Fsp3) is 0.684. The van der Waals surface area contributed by atoms with Gasteiger partial charge in [0.2, 0.25) is 0 Å². The highest BCUT2D eigenvalue weighted by molar-refractivity contribution is 5.21. The summed E-state index contributed by atoms with van der Waals surface area (Å²) in [6.45, 7) is 22.5. The maximum absolute atomic E-state index is 12.4. The zero-order chi connectivity index (χ0) is 44.3. The molecule has 9 rings (SSSR count). The summed E-state index contributed by atoms with van der Waals surface area (Å²) in [5, 5.41) is 12.4. The van der Waals surface area contributed by atoms with Gasteiger partial charge in [0, 0.05) is 0 Å². The summed E-state index contributed by atoms with van der Waals surface area (Å²) >= 11 is 0. The lowest BCUT2D eigenvalue weighted by Crippen LogP contribution is -2.68. The zero-order valence-electron chi connectivity index (χ0n) is 40.0. The van der Waals surface area contributed by atoms with Crippen LogP contribution < -0.4 is 0 Å². The van der Waals surface area contributed by atoms with Crippen molar-refractivity contribution < 1.29 is 28.8 Å². The minimum atomic E-state index is -1.05. The molecule has 6 heteroatoms. The Morgan fingerprint density at radius 3 is 1.76 bits per heavy atom. The van der Waals surface area contributed by atoms with Gasteiger partial charge in [0.05, 0.1) is 32.5 Å². The van der Waals surface area contributed by atoms with E-state index < -0.39 is 30.7 Å². The summed E-state index contributed by atoms with van der Waals surface area (Å²) in [6, 6.07) is 30.6. The van der Waals surface area contributed by atoms with E-state index >= 15 is 0 Å². The smallest absolute Gasteiger partial charge is 0.186 e. The van der Waals surface area contributed by atoms with Gasteiger partial charge < -0.3 is 28.8 Å². The van der Waals surface area contributed by atoms with Gasteiger partial charge in [-0.25, -0.2) is 0 Å². The van der Waals surface area contributed by atoms with E-state index in [2.05, 4.69) is 91.8 Å². The van der Waals surface area contributed by atoms with Crippen molar-refractivity contribution in [3.8, 4) is 0 Å². The number of hydrogen-bond acceptors (Lipinski definition) is 6. The number of ether oxygens (including phenoxy) is 5. The molecular weight excluding hydrogens is 781 g/mol. The first-order chi connectivity index (χ1) is 30.1. The Bertz CT molecular complexity index is 1970. The zero-order valence-corrected chi connectivity index (χ0v) is 40.0. The maximum Gasteiger partial charge on any atom is 0.186 e. The van der Waals surface area contributed by atoms with Crippen LogP contribution in [-0.2, 0) is 43.5 Å². The first kappa shape index (κ1) is 45.6. The van der Waals surface area contributed by atoms with Gasteiger partial charge in [-0.1, -0.05) is 146 Å². The topological polar surface area (TPSA) is 66.4 Å². The highest BCUT2D eigenvalue weighted by Crippen LogP contribution is 2.78. The predicted octanol–water partition coefficient (Wildman–Crippen LogP) is 12.7. The van der Waals surface area contributed by atoms with E-state index in [4.69, 9.17) is 23.7 Å². The number of fused-ring (bicyclic) bond motifs is 7. The van der Waals surface area contributed by atoms with Crippen molar-refractivity contribution in [3.05, 3.63) is 108 Å². The van der Waals surface area contributed by atoms with E-state index in [0.29, 0.717) is 58.7 Å². The molecule has 1 saturated heterocycles. The van der Waals surface area contributed by atoms with Gasteiger partial charge >= 0.3 is 0 Å². The van der Waals surface area contributed by atoms with E-state index in [1.54, 1.807) is 0 Å². The van der Waals surface area contributed by atoms with Crippen molar-refractivity contribution in [2.45, 2.75) is 183 Å². The third-order valence-corrected chi connectivity index (χ3v) is 19.8. The van der Waals surface area contributed by atoms with E-state index in [0.717, 1.165) is 41.4 Å². The molecule has 6 fully saturated rings. The Balaban J connectivity index is 0.948. The molecular formula is C57H80O6. The molecule has 5 aliphatic carbocycles. The summed E-state index contributed by atoms with van der Waals surface area (Å²) in [4.78, 5) is 0. The largest absolute Gasteiger partial charge is 0.385 e. The molecule has 5 saturated carbocycles. The summed E-state index contributed by atoms with van der Waals surface area (Å²) in [7, 11) is 0. The summed E-state index contributed by atoms with van der Waals surface area (Å²) < 4.78 is 33.9. The van der Waals surface area contributed by atoms with Crippen molar-refractivity contribution >= 4 is 0 Å². The summed E-state index contributed by atoms with van der Waals surface area (Å²) in [5.41, 5.74) is 5.31. The van der Waals surface area contributed by atoms with Crippen LogP contribution in [0.5, 0.6) is 0 Å². The van der Waals surface area contributed by atoms with Gasteiger partial charge in [-0.3, -0.25) is 0 Å². The van der Waals surface area contributed by atoms with Crippen molar-refractivity contribution in [1.29, 1.82) is 0 Å². The minimum absolute atomic E-state index is 0.0437. The first-order valence-corrected chi connectivity index (χ1v) is 25.0. The van der Waals surface area contributed by atoms with Crippen LogP contribution >= 0.6 is 0 Å². The Labute approximate surface area is 380 Å². The normalized spacial score (nSPS) is 43.2. The first-order valence-electron chi connectivity index (χ1n) is 25.0. The molecule has 0 spiro atoms. The van der Waals surface area contributed by atoms with E-state index in [1.807, 2.05) is 54.6 Å². The van der Waals surface area contributed by atoms with E-state index in [1.165, 1.54) is 57.8 Å². The average Bonchev–Trinajstić information content (AvgIpc) is 3.27. The van der Waals surface area contributed by atoms with E-state index in [9.17, 15) is 5.11 Å². The Hall–Kier alpha value is -2.58. The second-order valence-corrected chi connectivity index (χ2v) is 23.7. The van der Waals surface area contributed by atoms with Gasteiger partial charge in [-0.2, -0.15) is 0 Å². The fourth-order valence-corrected chi connectivity index (χ4v) is 15.6. The molecule has 15 atom stereocenters. The lowest BCUT2D eigenvalue weighted by molar-refractivity contribution is -0.338. The number of benzene rings is 3. The van der Waals surface area contributed by atoms with Gasteiger partial charge in [-0.05, 0) is 143 Å². The molecule has 344 valence electrons. The Morgan fingerprint density at radius 2 is 1.13 bits per heavy atom. The van der Waals surface area contributed by atoms with Crippen molar-refractivity contribution in [2.24, 2.45) is 56.2 Å². The Kier molecular flexibility index (Phi) is 12.7. The number of rotatable bonds is 12. The van der Waals surface area contributed by atoms with Crippen LogP contribution in [0.2, 0.25) is 0 Å². The number of aliphatic hydroxyl groups is 1. The second kappa shape index (κ2) is 17.6. The quantitative estimate of drug-likeness (QED) is 0.183. The summed E-state index contributed by atoms with van der Waals surface area (Å²) in [5.74, 6) is 2.51. The molecule has 63 heavy (non-hydrogen) atoms. The standard InChI is InChI=1S/C57H80O6/c1-39-43(24-25-45-54(39,5)27-26-46-55(45,6)31-33-57(8)47-34-52(2,3)28-29-53(47,4)30-32-56(46,57)7)62-51-48(58)50(61-37-42-22-16-11-17-23-42)49(60-36-41-20-14-10-15-21-41)44(63-51)38-59-35-40-18-12-9-13-19-40/h9-23,39,43-51,58H,24-38H2,1-8H3/t39-,43-,44+,45+,46-,47+,48+,49+,50+,51+,53+,54+,55-,56+,57-/m0/s1. The highest BCUT2D eigenvalue weighted by Gasteiger charge is 2.71. The van der Waals surface area contributed by atoms with Crippen LogP contribution in [0.1, 0.15) is 143 Å². The molecule has 0 bridgehead atoms. The highest BCUT2D eigenvalue weighted by atomic mass is 16.7. The molecule has 6 nitrogen and oxygen atoms in total. The SMILES string of the molecule is C[C@H]1[C@@H](O[C@@H]2O[C@H](COCc3ccccc3)[C@@H](OCc3ccccc3)[C@H](OCc3ccccc3)[C@H]2O)CC[C@@H]2[C@]1(C)CC[C@H]1[C@@]2(C)CC[C@@]2(C)[C@@H]3CC(C)(C)CC[C@]3(C)CC[C@]12C. The maximum atomic E-state index is 12.4. The van der Waals surface area contributed by atoms with Crippen LogP contribution in [0.4, 0.5) is 0 Å². The fourth-order valence-electron chi connectivity index (χ4n) is 15.6. The molecule has 0 aromatic heterocycles. The molecule has 0 radical (unpaired) electrons. The van der Waals surface area contributed by atoms with Crippen molar-refractivity contribution in [2.75, 3.05) is 6.61 Å². The van der Waals surface area contributed by atoms with Gasteiger partial charge in [0.1, 0.15) is 24.4 Å². The number of hydrogen-bond donors (Lipinski definition) is 1. The second-order valence-electron chi connectivity index (χ2n) is 23.7. The third kappa shape index (κ3) is 8.32. The van der Waals surface area contributed by atoms with Gasteiger partial charge in [-0.15, -0.1) is 0 Å². The number of aliphatic hydroxyl groups excluding tert-OH is 1. The van der Waals surface area contributed by atoms with Gasteiger partial charge in [0.25, 0.3) is 0 Å². The van der Waals surface area contributed by atoms with Crippen LogP contribution in [-0.4, -0.2) is 48.5 Å². The molecule has 1 heterocycles. The molecule has 1 aliphatic heterocycles. The van der Waals surface area contributed by atoms with Crippen LogP contribution in [0.25, 0.3) is 0 Å². The molecule has 6 aliphatic rings. The molecule has 0 unspecified atom stereocenters. The molecule has 1 N–H and O–H groups in total. The lowest BCUT2D eigenvalue weighted by Gasteiger charge is -2.75. The van der Waals surface area contributed by atoms with E-state index in [-0.39, 0.29) is 18.1 Å². The predicted molar refractivity (Wildman–Crippen MR) is 250 cm³/mol. The lowest BCUT2D eigenvalue weighted by atomic mass is 9.30. The van der Waals surface area contributed by atoms with Crippen molar-refractivity contribution in [3.63, 3.8) is 0 Å². The van der Waals surface area contributed by atoms with Crippen LogP contribution in [0, 0.1) is 56.2 Å². The van der Waals surface area contributed by atoms with Crippen LogP contribution in [0.3, 0.4) is 0 Å². The van der Waals surface area contributed by atoms with Crippen molar-refractivity contribution in [1.82, 2.24) is 0 Å².